The molecule has 1 N–H and O–H groups in total. The van der Waals surface area contributed by atoms with Gasteiger partial charge in [0.25, 0.3) is 0 Å². The Labute approximate surface area is 149 Å². The Bertz CT molecular complexity index is 1200. The van der Waals surface area contributed by atoms with E-state index in [4.69, 9.17) is 9.15 Å². The van der Waals surface area contributed by atoms with Crippen LogP contribution in [0.25, 0.3) is 27.9 Å². The Morgan fingerprint density at radius 1 is 1.23 bits per heavy atom. The van der Waals surface area contributed by atoms with Crippen molar-refractivity contribution in [2.45, 2.75) is 0 Å². The second-order valence-electron chi connectivity index (χ2n) is 5.77. The van der Waals surface area contributed by atoms with Gasteiger partial charge in [-0.25, -0.2) is 0 Å². The minimum Gasteiger partial charge on any atom is -0.493 e. The number of aromatic nitrogens is 1. The molecule has 0 atom stereocenters. The molecular weight excluding hydrogens is 328 g/mol. The van der Waals surface area contributed by atoms with Crippen molar-refractivity contribution in [1.29, 1.82) is 5.26 Å². The molecule has 0 aliphatic heterocycles. The average molecular weight is 342 g/mol. The van der Waals surface area contributed by atoms with E-state index in [1.807, 2.05) is 42.5 Å². The molecule has 26 heavy (non-hydrogen) atoms. The third-order valence-corrected chi connectivity index (χ3v) is 4.23. The summed E-state index contributed by atoms with van der Waals surface area (Å²) in [6, 6.07) is 16.8. The number of hydrogen-bond acceptors (Lipinski definition) is 4. The summed E-state index contributed by atoms with van der Waals surface area (Å²) in [5, 5.41) is 11.1. The fraction of sp³-hybridized carbons (Fsp3) is 0.0476. The molecule has 2 aromatic heterocycles. The smallest absolute Gasteiger partial charge is 0.205 e. The van der Waals surface area contributed by atoms with E-state index >= 15 is 0 Å². The lowest BCUT2D eigenvalue weighted by atomic mass is 10.0. The molecule has 5 nitrogen and oxygen atoms in total. The van der Waals surface area contributed by atoms with Gasteiger partial charge in [-0.1, -0.05) is 30.3 Å². The Balaban J connectivity index is 1.77. The predicted octanol–water partition coefficient (Wildman–Crippen LogP) is 4.71. The van der Waals surface area contributed by atoms with Gasteiger partial charge >= 0.3 is 0 Å². The van der Waals surface area contributed by atoms with Gasteiger partial charge in [-0.15, -0.1) is 0 Å². The highest BCUT2D eigenvalue weighted by molar-refractivity contribution is 6.19. The number of allylic oxidation sites excluding steroid dienone is 1. The molecule has 0 bridgehead atoms. The second-order valence-corrected chi connectivity index (χ2v) is 5.77. The lowest BCUT2D eigenvalue weighted by molar-refractivity contribution is 0.104. The Morgan fingerprint density at radius 2 is 2.08 bits per heavy atom. The van der Waals surface area contributed by atoms with Crippen LogP contribution in [0, 0.1) is 11.3 Å². The lowest BCUT2D eigenvalue weighted by Crippen LogP contribution is -2.00. The predicted molar refractivity (Wildman–Crippen MR) is 99.0 cm³/mol. The second kappa shape index (κ2) is 6.26. The molecule has 0 amide bonds. The number of furan rings is 1. The molecule has 2 aromatic carbocycles. The zero-order chi connectivity index (χ0) is 18.1. The number of Topliss-reactive ketones (excluding diaryl/α,β-unsaturated/α-hetero) is 1. The normalized spacial score (nSPS) is 11.6. The number of methoxy groups -OCH3 is 1. The van der Waals surface area contributed by atoms with Crippen LogP contribution < -0.4 is 4.74 Å². The van der Waals surface area contributed by atoms with E-state index in [2.05, 4.69) is 4.98 Å². The summed E-state index contributed by atoms with van der Waals surface area (Å²) in [5.41, 5.74) is 1.90. The van der Waals surface area contributed by atoms with Gasteiger partial charge in [-0.2, -0.15) is 5.26 Å². The topological polar surface area (TPSA) is 79.0 Å². The van der Waals surface area contributed by atoms with Crippen LogP contribution in [0.5, 0.6) is 5.75 Å². The number of rotatable bonds is 4. The van der Waals surface area contributed by atoms with Gasteiger partial charge in [0, 0.05) is 34.1 Å². The molecule has 0 aliphatic carbocycles. The first-order valence-corrected chi connectivity index (χ1v) is 8.00. The fourth-order valence-corrected chi connectivity index (χ4v) is 2.98. The summed E-state index contributed by atoms with van der Waals surface area (Å²) in [7, 11) is 1.56. The number of hydrogen-bond donors (Lipinski definition) is 1. The van der Waals surface area contributed by atoms with Crippen LogP contribution in [0.15, 0.2) is 64.7 Å². The van der Waals surface area contributed by atoms with Crippen molar-refractivity contribution < 1.29 is 13.9 Å². The van der Waals surface area contributed by atoms with Crippen LogP contribution in [-0.2, 0) is 0 Å². The first-order chi connectivity index (χ1) is 12.7. The SMILES string of the molecule is COc1cccc2cc(/C=C(\C#N)C(=O)c3c[nH]c4ccccc34)oc12. The minimum atomic E-state index is -0.350. The van der Waals surface area contributed by atoms with Crippen LogP contribution in [0.1, 0.15) is 16.1 Å². The number of ether oxygens (including phenoxy) is 1. The molecule has 0 radical (unpaired) electrons. The van der Waals surface area contributed by atoms with Crippen LogP contribution in [-0.4, -0.2) is 17.9 Å². The molecule has 0 aliphatic rings. The number of carbonyl (C=O) groups excluding carboxylic acids is 1. The number of aromatic amines is 1. The first kappa shape index (κ1) is 15.7. The molecule has 0 unspecified atom stereocenters. The third kappa shape index (κ3) is 2.54. The molecule has 4 aromatic rings. The van der Waals surface area contributed by atoms with E-state index in [0.29, 0.717) is 22.7 Å². The van der Waals surface area contributed by atoms with Crippen LogP contribution in [0.4, 0.5) is 0 Å². The molecule has 0 saturated carbocycles. The van der Waals surface area contributed by atoms with Crippen molar-refractivity contribution in [2.24, 2.45) is 0 Å². The average Bonchev–Trinajstić information content (AvgIpc) is 3.28. The van der Waals surface area contributed by atoms with E-state index in [9.17, 15) is 10.1 Å². The number of benzene rings is 2. The number of nitrogens with one attached hydrogen (secondary N) is 1. The molecule has 0 saturated heterocycles. The Morgan fingerprint density at radius 3 is 2.88 bits per heavy atom. The van der Waals surface area contributed by atoms with Gasteiger partial charge in [-0.3, -0.25) is 4.79 Å². The molecule has 4 rings (SSSR count). The minimum absolute atomic E-state index is 0.00720. The highest BCUT2D eigenvalue weighted by atomic mass is 16.5. The maximum Gasteiger partial charge on any atom is 0.205 e. The number of H-pyrrole nitrogens is 1. The summed E-state index contributed by atoms with van der Waals surface area (Å²) in [6.45, 7) is 0. The molecule has 0 spiro atoms. The number of fused-ring (bicyclic) bond motifs is 2. The zero-order valence-electron chi connectivity index (χ0n) is 13.9. The highest BCUT2D eigenvalue weighted by Gasteiger charge is 2.17. The largest absolute Gasteiger partial charge is 0.493 e. The van der Waals surface area contributed by atoms with Gasteiger partial charge in [0.1, 0.15) is 17.4 Å². The Kier molecular flexibility index (Phi) is 3.79. The van der Waals surface area contributed by atoms with E-state index < -0.39 is 0 Å². The molecule has 5 heteroatoms. The summed E-state index contributed by atoms with van der Waals surface area (Å²) in [6.07, 6.45) is 3.09. The maximum atomic E-state index is 12.8. The van der Waals surface area contributed by atoms with Crippen molar-refractivity contribution in [3.8, 4) is 11.8 Å². The van der Waals surface area contributed by atoms with E-state index in [1.165, 1.54) is 6.08 Å². The van der Waals surface area contributed by atoms with Gasteiger partial charge in [0.05, 0.1) is 7.11 Å². The number of nitrogens with zero attached hydrogens (tertiary/aromatic N) is 1. The Hall–Kier alpha value is -3.78. The fourth-order valence-electron chi connectivity index (χ4n) is 2.98. The van der Waals surface area contributed by atoms with Crippen molar-refractivity contribution in [3.05, 3.63) is 71.6 Å². The van der Waals surface area contributed by atoms with E-state index in [1.54, 1.807) is 25.4 Å². The summed E-state index contributed by atoms with van der Waals surface area (Å²) in [4.78, 5) is 15.9. The third-order valence-electron chi connectivity index (χ3n) is 4.23. The van der Waals surface area contributed by atoms with Crippen molar-refractivity contribution >= 4 is 33.7 Å². The molecular formula is C21H14N2O3. The van der Waals surface area contributed by atoms with E-state index in [0.717, 1.165) is 16.3 Å². The maximum absolute atomic E-state index is 12.8. The van der Waals surface area contributed by atoms with Gasteiger partial charge in [0.15, 0.2) is 11.3 Å². The van der Waals surface area contributed by atoms with Crippen LogP contribution >= 0.6 is 0 Å². The lowest BCUT2D eigenvalue weighted by Gasteiger charge is -1.98. The van der Waals surface area contributed by atoms with Gasteiger partial charge < -0.3 is 14.1 Å². The number of nitriles is 1. The monoisotopic (exact) mass is 342 g/mol. The molecule has 0 fully saturated rings. The van der Waals surface area contributed by atoms with Gasteiger partial charge in [-0.05, 0) is 18.2 Å². The highest BCUT2D eigenvalue weighted by Crippen LogP contribution is 2.30. The molecule has 126 valence electrons. The van der Waals surface area contributed by atoms with Crippen LogP contribution in [0.2, 0.25) is 0 Å². The summed E-state index contributed by atoms with van der Waals surface area (Å²) in [5.74, 6) is 0.676. The van der Waals surface area contributed by atoms with Crippen molar-refractivity contribution in [2.75, 3.05) is 7.11 Å². The first-order valence-electron chi connectivity index (χ1n) is 8.00. The summed E-state index contributed by atoms with van der Waals surface area (Å²) >= 11 is 0. The summed E-state index contributed by atoms with van der Waals surface area (Å²) < 4.78 is 11.0. The van der Waals surface area contributed by atoms with Crippen molar-refractivity contribution in [3.63, 3.8) is 0 Å². The molecule has 2 heterocycles. The standard InChI is InChI=1S/C21H14N2O3/c1-25-19-8-4-5-13-9-15(26-21(13)19)10-14(11-22)20(24)17-12-23-18-7-3-2-6-16(17)18/h2-10,12,23H,1H3/b14-10+. The number of ketones is 1. The van der Waals surface area contributed by atoms with Gasteiger partial charge in [0.2, 0.25) is 5.78 Å². The van der Waals surface area contributed by atoms with E-state index in [-0.39, 0.29) is 11.4 Å². The number of para-hydroxylation sites is 2. The van der Waals surface area contributed by atoms with Crippen molar-refractivity contribution in [1.82, 2.24) is 4.98 Å². The van der Waals surface area contributed by atoms with Crippen LogP contribution in [0.3, 0.4) is 0 Å². The number of carbonyl (C=O) groups is 1. The quantitative estimate of drug-likeness (QED) is 0.331. The zero-order valence-corrected chi connectivity index (χ0v) is 13.9.